The number of aryl methyl sites for hydroxylation is 1. The predicted molar refractivity (Wildman–Crippen MR) is 96.2 cm³/mol. The molecule has 0 bridgehead atoms. The highest BCUT2D eigenvalue weighted by molar-refractivity contribution is 7.89. The minimum absolute atomic E-state index is 0.181. The molecule has 6 heteroatoms. The van der Waals surface area contributed by atoms with Crippen molar-refractivity contribution >= 4 is 27.7 Å². The van der Waals surface area contributed by atoms with Crippen LogP contribution in [0.5, 0.6) is 0 Å². The van der Waals surface area contributed by atoms with Crippen LogP contribution < -0.4 is 5.32 Å². The van der Waals surface area contributed by atoms with Crippen LogP contribution >= 0.6 is 0 Å². The average molecular weight is 344 g/mol. The molecule has 0 radical (unpaired) electrons. The van der Waals surface area contributed by atoms with Gasteiger partial charge in [0, 0.05) is 25.9 Å². The number of carbonyl (C=O) groups is 1. The Kier molecular flexibility index (Phi) is 5.54. The lowest BCUT2D eigenvalue weighted by molar-refractivity contribution is -0.111. The van der Waals surface area contributed by atoms with Crippen molar-refractivity contribution in [1.29, 1.82) is 0 Å². The van der Waals surface area contributed by atoms with E-state index in [2.05, 4.69) is 5.32 Å². The van der Waals surface area contributed by atoms with Crippen LogP contribution in [0, 0.1) is 6.92 Å². The second-order valence-electron chi connectivity index (χ2n) is 5.55. The molecule has 1 N–H and O–H groups in total. The van der Waals surface area contributed by atoms with Gasteiger partial charge in [0.05, 0.1) is 4.90 Å². The molecule has 0 fully saturated rings. The van der Waals surface area contributed by atoms with Crippen molar-refractivity contribution in [3.8, 4) is 0 Å². The van der Waals surface area contributed by atoms with Gasteiger partial charge in [-0.05, 0) is 42.8 Å². The van der Waals surface area contributed by atoms with Gasteiger partial charge in [0.2, 0.25) is 15.9 Å². The van der Waals surface area contributed by atoms with Crippen LogP contribution in [-0.2, 0) is 14.8 Å². The van der Waals surface area contributed by atoms with Gasteiger partial charge in [0.25, 0.3) is 0 Å². The van der Waals surface area contributed by atoms with Crippen LogP contribution in [0.3, 0.4) is 0 Å². The zero-order valence-electron chi connectivity index (χ0n) is 13.9. The zero-order chi connectivity index (χ0) is 17.7. The van der Waals surface area contributed by atoms with Crippen molar-refractivity contribution in [3.63, 3.8) is 0 Å². The quantitative estimate of drug-likeness (QED) is 0.848. The number of amides is 1. The Morgan fingerprint density at radius 1 is 1.08 bits per heavy atom. The molecule has 5 nitrogen and oxygen atoms in total. The van der Waals surface area contributed by atoms with Gasteiger partial charge in [-0.15, -0.1) is 0 Å². The standard InChI is InChI=1S/C18H20N2O3S/c1-14-5-4-6-15(13-14)7-12-18(21)19-16-8-10-17(11-9-16)24(22,23)20(2)3/h4-13H,1-3H3,(H,19,21)/b12-7+. The Balaban J connectivity index is 2.05. The van der Waals surface area contributed by atoms with Gasteiger partial charge in [-0.2, -0.15) is 0 Å². The van der Waals surface area contributed by atoms with Gasteiger partial charge in [0.15, 0.2) is 0 Å². The van der Waals surface area contributed by atoms with Gasteiger partial charge in [-0.3, -0.25) is 4.79 Å². The molecule has 0 aliphatic heterocycles. The first-order valence-corrected chi connectivity index (χ1v) is 8.81. The van der Waals surface area contributed by atoms with E-state index in [4.69, 9.17) is 0 Å². The minimum atomic E-state index is -3.47. The molecular weight excluding hydrogens is 324 g/mol. The Labute approximate surface area is 142 Å². The first kappa shape index (κ1) is 17.9. The van der Waals surface area contributed by atoms with Crippen molar-refractivity contribution < 1.29 is 13.2 Å². The number of anilines is 1. The Bertz CT molecular complexity index is 854. The van der Waals surface area contributed by atoms with E-state index in [9.17, 15) is 13.2 Å². The lowest BCUT2D eigenvalue weighted by Crippen LogP contribution is -2.22. The van der Waals surface area contributed by atoms with Crippen molar-refractivity contribution in [2.24, 2.45) is 0 Å². The summed E-state index contributed by atoms with van der Waals surface area (Å²) in [5.41, 5.74) is 2.60. The molecule has 0 aromatic heterocycles. The van der Waals surface area contributed by atoms with E-state index in [0.717, 1.165) is 15.4 Å². The second kappa shape index (κ2) is 7.42. The van der Waals surface area contributed by atoms with Crippen molar-refractivity contribution in [2.45, 2.75) is 11.8 Å². The summed E-state index contributed by atoms with van der Waals surface area (Å²) in [5, 5.41) is 2.70. The maximum Gasteiger partial charge on any atom is 0.248 e. The Morgan fingerprint density at radius 2 is 1.75 bits per heavy atom. The topological polar surface area (TPSA) is 66.5 Å². The number of rotatable bonds is 5. The molecule has 0 atom stereocenters. The molecule has 2 aromatic carbocycles. The van der Waals surface area contributed by atoms with Crippen LogP contribution in [-0.4, -0.2) is 32.7 Å². The fourth-order valence-electron chi connectivity index (χ4n) is 2.05. The normalized spacial score (nSPS) is 11.8. The van der Waals surface area contributed by atoms with Gasteiger partial charge in [-0.1, -0.05) is 29.8 Å². The van der Waals surface area contributed by atoms with E-state index < -0.39 is 10.0 Å². The second-order valence-corrected chi connectivity index (χ2v) is 7.70. The van der Waals surface area contributed by atoms with E-state index in [0.29, 0.717) is 5.69 Å². The van der Waals surface area contributed by atoms with Crippen LogP contribution in [0.15, 0.2) is 59.5 Å². The van der Waals surface area contributed by atoms with Crippen LogP contribution in [0.2, 0.25) is 0 Å². The first-order valence-electron chi connectivity index (χ1n) is 7.37. The number of carbonyl (C=O) groups excluding carboxylic acids is 1. The number of hydrogen-bond acceptors (Lipinski definition) is 3. The highest BCUT2D eigenvalue weighted by Crippen LogP contribution is 2.16. The van der Waals surface area contributed by atoms with E-state index in [1.807, 2.05) is 31.2 Å². The van der Waals surface area contributed by atoms with Gasteiger partial charge < -0.3 is 5.32 Å². The molecule has 0 aliphatic carbocycles. The van der Waals surface area contributed by atoms with Crippen LogP contribution in [0.4, 0.5) is 5.69 Å². The third-order valence-corrected chi connectivity index (χ3v) is 5.20. The molecule has 24 heavy (non-hydrogen) atoms. The van der Waals surface area contributed by atoms with Crippen molar-refractivity contribution in [3.05, 3.63) is 65.7 Å². The molecule has 2 rings (SSSR count). The Morgan fingerprint density at radius 3 is 2.33 bits per heavy atom. The monoisotopic (exact) mass is 344 g/mol. The largest absolute Gasteiger partial charge is 0.323 e. The van der Waals surface area contributed by atoms with Crippen molar-refractivity contribution in [2.75, 3.05) is 19.4 Å². The van der Waals surface area contributed by atoms with Gasteiger partial charge in [0.1, 0.15) is 0 Å². The number of nitrogens with zero attached hydrogens (tertiary/aromatic N) is 1. The molecule has 0 aliphatic rings. The van der Waals surface area contributed by atoms with E-state index in [-0.39, 0.29) is 10.8 Å². The summed E-state index contributed by atoms with van der Waals surface area (Å²) in [5.74, 6) is -0.278. The smallest absolute Gasteiger partial charge is 0.248 e. The van der Waals surface area contributed by atoms with Gasteiger partial charge >= 0.3 is 0 Å². The Hall–Kier alpha value is -2.44. The zero-order valence-corrected chi connectivity index (χ0v) is 14.7. The number of hydrogen-bond donors (Lipinski definition) is 1. The summed E-state index contributed by atoms with van der Waals surface area (Å²) in [6.45, 7) is 1.99. The molecular formula is C18H20N2O3S. The highest BCUT2D eigenvalue weighted by Gasteiger charge is 2.16. The lowest BCUT2D eigenvalue weighted by atomic mass is 10.1. The molecule has 126 valence electrons. The number of benzene rings is 2. The fourth-order valence-corrected chi connectivity index (χ4v) is 2.95. The fraction of sp³-hybridized carbons (Fsp3) is 0.167. The molecule has 2 aromatic rings. The molecule has 0 saturated heterocycles. The summed E-state index contributed by atoms with van der Waals surface area (Å²) >= 11 is 0. The van der Waals surface area contributed by atoms with Crippen LogP contribution in [0.1, 0.15) is 11.1 Å². The number of sulfonamides is 1. The summed E-state index contributed by atoms with van der Waals surface area (Å²) in [4.78, 5) is 12.1. The van der Waals surface area contributed by atoms with Crippen molar-refractivity contribution in [1.82, 2.24) is 4.31 Å². The molecule has 0 saturated carbocycles. The van der Waals surface area contributed by atoms with E-state index >= 15 is 0 Å². The van der Waals surface area contributed by atoms with E-state index in [1.54, 1.807) is 18.2 Å². The predicted octanol–water partition coefficient (Wildman–Crippen LogP) is 2.90. The number of nitrogens with one attached hydrogen (secondary N) is 1. The maximum atomic E-state index is 12.0. The minimum Gasteiger partial charge on any atom is -0.323 e. The maximum absolute atomic E-state index is 12.0. The molecule has 0 unspecified atom stereocenters. The third-order valence-electron chi connectivity index (χ3n) is 3.37. The first-order chi connectivity index (χ1) is 11.3. The molecule has 1 amide bonds. The highest BCUT2D eigenvalue weighted by atomic mass is 32.2. The third kappa shape index (κ3) is 4.53. The summed E-state index contributed by atoms with van der Waals surface area (Å²) in [6, 6.07) is 13.9. The lowest BCUT2D eigenvalue weighted by Gasteiger charge is -2.11. The van der Waals surface area contributed by atoms with Gasteiger partial charge in [-0.25, -0.2) is 12.7 Å². The summed E-state index contributed by atoms with van der Waals surface area (Å²) in [7, 11) is -0.519. The molecule has 0 heterocycles. The summed E-state index contributed by atoms with van der Waals surface area (Å²) in [6.07, 6.45) is 3.17. The SMILES string of the molecule is Cc1cccc(/C=C/C(=O)Nc2ccc(S(=O)(=O)N(C)C)cc2)c1. The van der Waals surface area contributed by atoms with E-state index in [1.165, 1.54) is 32.3 Å². The summed E-state index contributed by atoms with van der Waals surface area (Å²) < 4.78 is 25.1. The molecule has 0 spiro atoms. The average Bonchev–Trinajstić information content (AvgIpc) is 2.53. The van der Waals surface area contributed by atoms with Crippen LogP contribution in [0.25, 0.3) is 6.08 Å².